The molecule has 0 aromatic heterocycles. The Morgan fingerprint density at radius 2 is 1.61 bits per heavy atom. The summed E-state index contributed by atoms with van der Waals surface area (Å²) in [5, 5.41) is 0. The molecule has 3 rings (SSSR count). The summed E-state index contributed by atoms with van der Waals surface area (Å²) < 4.78 is 4.88. The van der Waals surface area contributed by atoms with E-state index in [9.17, 15) is 4.79 Å². The van der Waals surface area contributed by atoms with Crippen molar-refractivity contribution in [1.82, 2.24) is 4.90 Å². The van der Waals surface area contributed by atoms with E-state index >= 15 is 0 Å². The third-order valence-electron chi connectivity index (χ3n) is 5.11. The van der Waals surface area contributed by atoms with Gasteiger partial charge in [-0.05, 0) is 41.4 Å². The largest absolute Gasteiger partial charge is 0.453 e. The fourth-order valence-electron chi connectivity index (χ4n) is 3.94. The van der Waals surface area contributed by atoms with Crippen molar-refractivity contribution in [2.75, 3.05) is 38.2 Å². The fraction of sp³-hybridized carbons (Fsp3) is 0.632. The second-order valence-corrected chi connectivity index (χ2v) is 8.04. The van der Waals surface area contributed by atoms with Crippen molar-refractivity contribution >= 4 is 11.8 Å². The van der Waals surface area contributed by atoms with Gasteiger partial charge in [0.05, 0.1) is 7.11 Å². The molecule has 2 bridgehead atoms. The number of methoxy groups -OCH3 is 1. The van der Waals surface area contributed by atoms with Crippen LogP contribution in [0.1, 0.15) is 32.8 Å². The molecule has 1 amide bonds. The van der Waals surface area contributed by atoms with E-state index in [1.54, 1.807) is 0 Å². The quantitative estimate of drug-likeness (QED) is 0.795. The lowest BCUT2D eigenvalue weighted by Gasteiger charge is -2.46. The number of fused-ring (bicyclic) bond motifs is 2. The van der Waals surface area contributed by atoms with Crippen molar-refractivity contribution in [1.29, 1.82) is 0 Å². The minimum atomic E-state index is -0.178. The topological polar surface area (TPSA) is 32.8 Å². The number of benzene rings is 1. The summed E-state index contributed by atoms with van der Waals surface area (Å²) in [4.78, 5) is 16.1. The molecule has 2 aliphatic rings. The molecule has 0 spiro atoms. The van der Waals surface area contributed by atoms with Gasteiger partial charge in [0.1, 0.15) is 0 Å². The Labute approximate surface area is 139 Å². The summed E-state index contributed by atoms with van der Waals surface area (Å²) in [6.45, 7) is 10.4. The lowest BCUT2D eigenvalue weighted by molar-refractivity contribution is 0.0770. The maximum Gasteiger partial charge on any atom is 0.409 e. The molecule has 2 aliphatic heterocycles. The van der Waals surface area contributed by atoms with E-state index in [-0.39, 0.29) is 11.5 Å². The van der Waals surface area contributed by atoms with Gasteiger partial charge in [-0.3, -0.25) is 0 Å². The third kappa shape index (κ3) is 3.46. The first-order valence-electron chi connectivity index (χ1n) is 8.55. The van der Waals surface area contributed by atoms with E-state index < -0.39 is 0 Å². The number of carbonyl (C=O) groups is 1. The highest BCUT2D eigenvalue weighted by Crippen LogP contribution is 2.32. The van der Waals surface area contributed by atoms with Crippen LogP contribution in [0.3, 0.4) is 0 Å². The molecule has 0 saturated carbocycles. The number of hydrogen-bond donors (Lipinski definition) is 0. The molecule has 0 aliphatic carbocycles. The number of amides is 1. The van der Waals surface area contributed by atoms with Gasteiger partial charge >= 0.3 is 6.09 Å². The molecular formula is C19H28N2O2. The van der Waals surface area contributed by atoms with Crippen LogP contribution in [0, 0.1) is 11.8 Å². The molecular weight excluding hydrogens is 288 g/mol. The van der Waals surface area contributed by atoms with Crippen LogP contribution in [0.5, 0.6) is 0 Å². The van der Waals surface area contributed by atoms with Crippen molar-refractivity contribution in [3.63, 3.8) is 0 Å². The molecule has 0 N–H and O–H groups in total. The van der Waals surface area contributed by atoms with Crippen LogP contribution in [-0.2, 0) is 10.2 Å². The van der Waals surface area contributed by atoms with Crippen LogP contribution in [0.2, 0.25) is 0 Å². The zero-order chi connectivity index (χ0) is 16.6. The van der Waals surface area contributed by atoms with Crippen LogP contribution in [0.4, 0.5) is 10.5 Å². The molecule has 4 nitrogen and oxygen atoms in total. The number of piperidine rings is 2. The first-order chi connectivity index (χ1) is 10.9. The van der Waals surface area contributed by atoms with E-state index in [0.29, 0.717) is 11.8 Å². The number of ether oxygens (including phenoxy) is 1. The predicted molar refractivity (Wildman–Crippen MR) is 92.9 cm³/mol. The summed E-state index contributed by atoms with van der Waals surface area (Å²) in [7, 11) is 1.47. The molecule has 2 saturated heterocycles. The van der Waals surface area contributed by atoms with E-state index in [2.05, 4.69) is 49.9 Å². The molecule has 126 valence electrons. The number of anilines is 1. The number of nitrogens with zero attached hydrogens (tertiary/aromatic N) is 2. The van der Waals surface area contributed by atoms with Crippen molar-refractivity contribution in [2.24, 2.45) is 11.8 Å². The van der Waals surface area contributed by atoms with Crippen LogP contribution in [0.25, 0.3) is 0 Å². The minimum absolute atomic E-state index is 0.178. The summed E-state index contributed by atoms with van der Waals surface area (Å²) >= 11 is 0. The highest BCUT2D eigenvalue weighted by atomic mass is 16.5. The first-order valence-corrected chi connectivity index (χ1v) is 8.55. The molecule has 1 aromatic carbocycles. The van der Waals surface area contributed by atoms with Gasteiger partial charge in [-0.15, -0.1) is 0 Å². The highest BCUT2D eigenvalue weighted by molar-refractivity contribution is 5.67. The van der Waals surface area contributed by atoms with Gasteiger partial charge in [-0.2, -0.15) is 0 Å². The Balaban J connectivity index is 1.69. The number of carbonyl (C=O) groups excluding carboxylic acids is 1. The average molecular weight is 316 g/mol. The lowest BCUT2D eigenvalue weighted by atomic mass is 9.84. The fourth-order valence-corrected chi connectivity index (χ4v) is 3.94. The standard InChI is InChI=1S/C19H28N2O2/c1-19(2,3)16-5-7-17(8-6-16)20-10-14-9-15(11-20)13-21(12-14)18(22)23-4/h5-8,14-15H,9-13H2,1-4H3. The maximum absolute atomic E-state index is 11.8. The summed E-state index contributed by atoms with van der Waals surface area (Å²) in [5.41, 5.74) is 2.87. The summed E-state index contributed by atoms with van der Waals surface area (Å²) in [6, 6.07) is 9.00. The average Bonchev–Trinajstić information content (AvgIpc) is 2.52. The van der Waals surface area contributed by atoms with E-state index in [1.807, 2.05) is 4.90 Å². The van der Waals surface area contributed by atoms with E-state index in [4.69, 9.17) is 4.74 Å². The van der Waals surface area contributed by atoms with Crippen molar-refractivity contribution in [3.05, 3.63) is 29.8 Å². The molecule has 2 unspecified atom stereocenters. The van der Waals surface area contributed by atoms with Gasteiger partial charge in [0.15, 0.2) is 0 Å². The van der Waals surface area contributed by atoms with Crippen LogP contribution in [0.15, 0.2) is 24.3 Å². The van der Waals surface area contributed by atoms with Crippen molar-refractivity contribution in [3.8, 4) is 0 Å². The zero-order valence-electron chi connectivity index (χ0n) is 14.7. The van der Waals surface area contributed by atoms with Crippen molar-refractivity contribution < 1.29 is 9.53 Å². The zero-order valence-corrected chi connectivity index (χ0v) is 14.7. The molecule has 2 atom stereocenters. The number of likely N-dealkylation sites (tertiary alicyclic amines) is 1. The molecule has 2 heterocycles. The molecule has 1 aromatic rings. The minimum Gasteiger partial charge on any atom is -0.453 e. The smallest absolute Gasteiger partial charge is 0.409 e. The molecule has 4 heteroatoms. The van der Waals surface area contributed by atoms with Crippen LogP contribution >= 0.6 is 0 Å². The predicted octanol–water partition coefficient (Wildman–Crippen LogP) is 3.51. The molecule has 0 radical (unpaired) electrons. The van der Waals surface area contributed by atoms with Gasteiger partial charge in [-0.25, -0.2) is 4.79 Å². The molecule has 23 heavy (non-hydrogen) atoms. The second kappa shape index (κ2) is 6.06. The number of rotatable bonds is 1. The van der Waals surface area contributed by atoms with Gasteiger partial charge < -0.3 is 14.5 Å². The van der Waals surface area contributed by atoms with Crippen LogP contribution < -0.4 is 4.90 Å². The Bertz CT molecular complexity index is 548. The lowest BCUT2D eigenvalue weighted by Crippen LogP contribution is -2.54. The SMILES string of the molecule is COC(=O)N1CC2CC(C1)CN(c1ccc(C(C)(C)C)cc1)C2. The highest BCUT2D eigenvalue weighted by Gasteiger charge is 2.36. The summed E-state index contributed by atoms with van der Waals surface area (Å²) in [6.07, 6.45) is 1.05. The van der Waals surface area contributed by atoms with Gasteiger partial charge in [0.2, 0.25) is 0 Å². The van der Waals surface area contributed by atoms with E-state index in [1.165, 1.54) is 24.8 Å². The van der Waals surface area contributed by atoms with Crippen LogP contribution in [-0.4, -0.2) is 44.3 Å². The maximum atomic E-state index is 11.8. The number of hydrogen-bond acceptors (Lipinski definition) is 3. The van der Waals surface area contributed by atoms with Gasteiger partial charge in [0, 0.05) is 31.9 Å². The Morgan fingerprint density at radius 1 is 1.04 bits per heavy atom. The monoisotopic (exact) mass is 316 g/mol. The molecule has 2 fully saturated rings. The third-order valence-corrected chi connectivity index (χ3v) is 5.11. The Hall–Kier alpha value is -1.71. The van der Waals surface area contributed by atoms with Gasteiger partial charge in [-0.1, -0.05) is 32.9 Å². The summed E-state index contributed by atoms with van der Waals surface area (Å²) in [5.74, 6) is 1.09. The van der Waals surface area contributed by atoms with Gasteiger partial charge in [0.25, 0.3) is 0 Å². The first kappa shape index (κ1) is 16.2. The normalized spacial score (nSPS) is 24.5. The second-order valence-electron chi connectivity index (χ2n) is 8.04. The van der Waals surface area contributed by atoms with Crippen molar-refractivity contribution in [2.45, 2.75) is 32.6 Å². The Morgan fingerprint density at radius 3 is 2.09 bits per heavy atom. The Kier molecular flexibility index (Phi) is 4.26. The van der Waals surface area contributed by atoms with E-state index in [0.717, 1.165) is 26.2 Å².